The molecule has 6 nitrogen and oxygen atoms in total. The number of carboxylic acids is 1. The number of carboxylic acid groups (broad SMARTS) is 1. The predicted octanol–water partition coefficient (Wildman–Crippen LogP) is 0.376. The second-order valence-corrected chi connectivity index (χ2v) is 4.55. The summed E-state index contributed by atoms with van der Waals surface area (Å²) in [6.07, 6.45) is 0.484. The number of ether oxygens (including phenoxy) is 1. The van der Waals surface area contributed by atoms with E-state index in [9.17, 15) is 9.59 Å². The maximum Gasteiger partial charge on any atom is 0.411 e. The molecule has 17 heavy (non-hydrogen) atoms. The molecule has 0 aliphatic carbocycles. The summed E-state index contributed by atoms with van der Waals surface area (Å²) in [5.74, 6) is -1.07. The zero-order valence-corrected chi connectivity index (χ0v) is 9.96. The number of piperidine rings is 1. The maximum atomic E-state index is 11.6. The van der Waals surface area contributed by atoms with Gasteiger partial charge in [-0.2, -0.15) is 0 Å². The van der Waals surface area contributed by atoms with Crippen molar-refractivity contribution < 1.29 is 19.4 Å². The number of likely N-dealkylation sites (N-methyl/N-ethyl adjacent to an activating group) is 1. The third kappa shape index (κ3) is 2.52. The molecule has 1 N–H and O–H groups in total. The molecule has 0 aromatic heterocycles. The van der Waals surface area contributed by atoms with Crippen LogP contribution >= 0.6 is 0 Å². The molecule has 2 atom stereocenters. The first-order valence-electron chi connectivity index (χ1n) is 6.04. The van der Waals surface area contributed by atoms with Crippen LogP contribution in [-0.4, -0.2) is 65.3 Å². The second kappa shape index (κ2) is 4.91. The fourth-order valence-corrected chi connectivity index (χ4v) is 2.48. The monoisotopic (exact) mass is 242 g/mol. The first-order valence-corrected chi connectivity index (χ1v) is 6.04. The molecule has 6 heteroatoms. The van der Waals surface area contributed by atoms with Gasteiger partial charge in [0.1, 0.15) is 0 Å². The normalized spacial score (nSPS) is 30.4. The maximum absolute atomic E-state index is 11.6. The molecule has 0 radical (unpaired) electrons. The summed E-state index contributed by atoms with van der Waals surface area (Å²) in [5.41, 5.74) is 0. The van der Waals surface area contributed by atoms with E-state index in [1.165, 1.54) is 0 Å². The van der Waals surface area contributed by atoms with E-state index in [-0.39, 0.29) is 12.6 Å². The highest BCUT2D eigenvalue weighted by atomic mass is 16.6. The lowest BCUT2D eigenvalue weighted by Gasteiger charge is -2.35. The molecule has 2 aliphatic rings. The second-order valence-electron chi connectivity index (χ2n) is 4.55. The molecule has 1 amide bonds. The van der Waals surface area contributed by atoms with E-state index >= 15 is 0 Å². The highest BCUT2D eigenvalue weighted by molar-refractivity contribution is 5.81. The van der Waals surface area contributed by atoms with E-state index in [4.69, 9.17) is 9.84 Å². The molecule has 2 heterocycles. The average Bonchev–Trinajstić information content (AvgIpc) is 2.72. The molecular formula is C11H18N2O4. The van der Waals surface area contributed by atoms with Crippen LogP contribution in [0.25, 0.3) is 0 Å². The summed E-state index contributed by atoms with van der Waals surface area (Å²) in [6.45, 7) is 5.10. The van der Waals surface area contributed by atoms with Gasteiger partial charge in [0.15, 0.2) is 0 Å². The molecule has 0 spiro atoms. The molecule has 1 unspecified atom stereocenters. The molecule has 2 rings (SSSR count). The van der Waals surface area contributed by atoms with Crippen LogP contribution in [0.2, 0.25) is 0 Å². The van der Waals surface area contributed by atoms with Crippen molar-refractivity contribution in [2.24, 2.45) is 0 Å². The Labute approximate surface area is 100 Å². The Hall–Kier alpha value is -1.30. The van der Waals surface area contributed by atoms with Crippen molar-refractivity contribution in [1.29, 1.82) is 0 Å². The van der Waals surface area contributed by atoms with Crippen molar-refractivity contribution in [2.45, 2.75) is 31.9 Å². The third-order valence-corrected chi connectivity index (χ3v) is 3.48. The van der Waals surface area contributed by atoms with Gasteiger partial charge in [0, 0.05) is 12.6 Å². The highest BCUT2D eigenvalue weighted by Gasteiger charge is 2.40. The Morgan fingerprint density at radius 1 is 1.53 bits per heavy atom. The van der Waals surface area contributed by atoms with Crippen LogP contribution in [0.3, 0.4) is 0 Å². The number of cyclic esters (lactones) is 1. The zero-order chi connectivity index (χ0) is 12.4. The molecular weight excluding hydrogens is 224 g/mol. The number of likely N-dealkylation sites (tertiary alicyclic amines) is 1. The number of hydrogen-bond acceptors (Lipinski definition) is 4. The van der Waals surface area contributed by atoms with Crippen LogP contribution in [0.1, 0.15) is 19.8 Å². The van der Waals surface area contributed by atoms with Crippen LogP contribution in [0.15, 0.2) is 0 Å². The first kappa shape index (κ1) is 12.2. The largest absolute Gasteiger partial charge is 0.478 e. The van der Waals surface area contributed by atoms with E-state index in [1.807, 2.05) is 0 Å². The number of amides is 1. The minimum Gasteiger partial charge on any atom is -0.478 e. The number of nitrogens with zero attached hydrogens (tertiary/aromatic N) is 2. The van der Waals surface area contributed by atoms with Gasteiger partial charge in [-0.3, -0.25) is 4.90 Å². The summed E-state index contributed by atoms with van der Waals surface area (Å²) >= 11 is 0. The lowest BCUT2D eigenvalue weighted by atomic mass is 10.0. The van der Waals surface area contributed by atoms with E-state index in [1.54, 1.807) is 4.90 Å². The van der Waals surface area contributed by atoms with E-state index in [2.05, 4.69) is 11.8 Å². The van der Waals surface area contributed by atoms with Gasteiger partial charge in [0.05, 0.1) is 6.54 Å². The van der Waals surface area contributed by atoms with Crippen molar-refractivity contribution in [3.8, 4) is 0 Å². The summed E-state index contributed by atoms with van der Waals surface area (Å²) in [5, 5.41) is 8.83. The van der Waals surface area contributed by atoms with E-state index in [0.717, 1.165) is 32.5 Å². The summed E-state index contributed by atoms with van der Waals surface area (Å²) in [7, 11) is 0. The Morgan fingerprint density at radius 2 is 2.29 bits per heavy atom. The molecule has 0 aromatic carbocycles. The van der Waals surface area contributed by atoms with Crippen molar-refractivity contribution in [3.05, 3.63) is 0 Å². The summed E-state index contributed by atoms with van der Waals surface area (Å²) < 4.78 is 4.83. The molecule has 2 saturated heterocycles. The Morgan fingerprint density at radius 3 is 2.88 bits per heavy atom. The number of carbonyl (C=O) groups is 2. The molecule has 96 valence electrons. The van der Waals surface area contributed by atoms with Crippen LogP contribution in [0.4, 0.5) is 4.79 Å². The Kier molecular flexibility index (Phi) is 3.51. The molecule has 0 aromatic rings. The van der Waals surface area contributed by atoms with Crippen molar-refractivity contribution in [1.82, 2.24) is 9.80 Å². The van der Waals surface area contributed by atoms with Crippen molar-refractivity contribution in [2.75, 3.05) is 26.2 Å². The average molecular weight is 242 g/mol. The SMILES string of the molecule is CCN1CCCC(N2C[C@H](C(=O)O)OC2=O)C1. The highest BCUT2D eigenvalue weighted by Crippen LogP contribution is 2.21. The van der Waals surface area contributed by atoms with Gasteiger partial charge >= 0.3 is 12.1 Å². The van der Waals surface area contributed by atoms with Crippen molar-refractivity contribution in [3.63, 3.8) is 0 Å². The van der Waals surface area contributed by atoms with Gasteiger partial charge in [-0.05, 0) is 25.9 Å². The molecule has 0 saturated carbocycles. The lowest BCUT2D eigenvalue weighted by Crippen LogP contribution is -2.48. The standard InChI is InChI=1S/C11H18N2O4/c1-2-12-5-3-4-8(6-12)13-7-9(10(14)15)17-11(13)16/h8-9H,2-7H2,1H3,(H,14,15)/t8?,9-/m1/s1. The lowest BCUT2D eigenvalue weighted by molar-refractivity contribution is -0.144. The van der Waals surface area contributed by atoms with Gasteiger partial charge in [0.25, 0.3) is 0 Å². The fraction of sp³-hybridized carbons (Fsp3) is 0.818. The quantitative estimate of drug-likeness (QED) is 0.774. The zero-order valence-electron chi connectivity index (χ0n) is 9.96. The Balaban J connectivity index is 1.98. The van der Waals surface area contributed by atoms with E-state index < -0.39 is 18.2 Å². The molecule has 0 bridgehead atoms. The minimum absolute atomic E-state index is 0.0977. The number of aliphatic carboxylic acids is 1. The topological polar surface area (TPSA) is 70.1 Å². The summed E-state index contributed by atoms with van der Waals surface area (Å²) in [4.78, 5) is 26.2. The third-order valence-electron chi connectivity index (χ3n) is 3.48. The Bertz CT molecular complexity index is 321. The fourth-order valence-electron chi connectivity index (χ4n) is 2.48. The van der Waals surface area contributed by atoms with Gasteiger partial charge in [-0.1, -0.05) is 6.92 Å². The van der Waals surface area contributed by atoms with Gasteiger partial charge in [-0.15, -0.1) is 0 Å². The first-order chi connectivity index (χ1) is 8.11. The van der Waals surface area contributed by atoms with Crippen LogP contribution in [0.5, 0.6) is 0 Å². The van der Waals surface area contributed by atoms with Crippen LogP contribution < -0.4 is 0 Å². The van der Waals surface area contributed by atoms with Crippen LogP contribution in [-0.2, 0) is 9.53 Å². The van der Waals surface area contributed by atoms with E-state index in [0.29, 0.717) is 0 Å². The summed E-state index contributed by atoms with van der Waals surface area (Å²) in [6, 6.07) is 0.0977. The smallest absolute Gasteiger partial charge is 0.411 e. The van der Waals surface area contributed by atoms with Gasteiger partial charge in [0.2, 0.25) is 6.10 Å². The van der Waals surface area contributed by atoms with Crippen LogP contribution in [0, 0.1) is 0 Å². The minimum atomic E-state index is -1.07. The van der Waals surface area contributed by atoms with Gasteiger partial charge in [-0.25, -0.2) is 9.59 Å². The number of carbonyl (C=O) groups excluding carboxylic acids is 1. The number of hydrogen-bond donors (Lipinski definition) is 1. The molecule has 2 aliphatic heterocycles. The van der Waals surface area contributed by atoms with Crippen molar-refractivity contribution >= 4 is 12.1 Å². The predicted molar refractivity (Wildman–Crippen MR) is 59.7 cm³/mol. The van der Waals surface area contributed by atoms with Gasteiger partial charge < -0.3 is 14.7 Å². The molecule has 2 fully saturated rings. The number of rotatable bonds is 3.